The fourth-order valence-electron chi connectivity index (χ4n) is 5.67. The van der Waals surface area contributed by atoms with Gasteiger partial charge in [-0.1, -0.05) is 43.2 Å². The van der Waals surface area contributed by atoms with Crippen LogP contribution in [0.1, 0.15) is 31.2 Å². The minimum Gasteiger partial charge on any atom is -0.368 e. The molecule has 0 N–H and O–H groups in total. The van der Waals surface area contributed by atoms with Crippen LogP contribution in [0.2, 0.25) is 0 Å². The van der Waals surface area contributed by atoms with Gasteiger partial charge in [-0.15, -0.1) is 0 Å². The van der Waals surface area contributed by atoms with Crippen molar-refractivity contribution in [3.8, 4) is 0 Å². The van der Waals surface area contributed by atoms with Crippen LogP contribution in [0, 0.1) is 17.7 Å². The number of hydrogen-bond acceptors (Lipinski definition) is 4. The second-order valence-corrected chi connectivity index (χ2v) is 9.54. The molecule has 5 rings (SSSR count). The molecule has 7 heteroatoms. The minimum absolute atomic E-state index is 0.164. The fourth-order valence-corrected chi connectivity index (χ4v) is 5.67. The Morgan fingerprint density at radius 1 is 0.853 bits per heavy atom. The molecule has 0 spiro atoms. The summed E-state index contributed by atoms with van der Waals surface area (Å²) in [6, 6.07) is 15.1. The molecule has 3 aliphatic rings. The first kappa shape index (κ1) is 22.6. The first-order chi connectivity index (χ1) is 16.5. The molecule has 2 heterocycles. The van der Waals surface area contributed by atoms with E-state index in [0.717, 1.165) is 36.9 Å². The number of hydrogen-bond donors (Lipinski definition) is 0. The van der Waals surface area contributed by atoms with Gasteiger partial charge in [-0.25, -0.2) is 4.39 Å². The molecule has 0 unspecified atom stereocenters. The van der Waals surface area contributed by atoms with Crippen molar-refractivity contribution in [2.75, 3.05) is 31.1 Å². The van der Waals surface area contributed by atoms with Crippen LogP contribution in [0.25, 0.3) is 0 Å². The highest BCUT2D eigenvalue weighted by Crippen LogP contribution is 2.39. The molecule has 0 radical (unpaired) electrons. The summed E-state index contributed by atoms with van der Waals surface area (Å²) in [6.07, 6.45) is 3.70. The van der Waals surface area contributed by atoms with E-state index in [1.165, 1.54) is 17.0 Å². The Morgan fingerprint density at radius 3 is 2.03 bits per heavy atom. The first-order valence-electron chi connectivity index (χ1n) is 12.2. The number of amides is 3. The van der Waals surface area contributed by atoms with Crippen LogP contribution in [0.4, 0.5) is 10.1 Å². The highest BCUT2D eigenvalue weighted by molar-refractivity contribution is 6.08. The maximum atomic E-state index is 13.8. The summed E-state index contributed by atoms with van der Waals surface area (Å²) in [4.78, 5) is 45.6. The fraction of sp³-hybridized carbons (Fsp3) is 0.444. The van der Waals surface area contributed by atoms with Crippen molar-refractivity contribution in [2.24, 2.45) is 11.8 Å². The van der Waals surface area contributed by atoms with Crippen molar-refractivity contribution < 1.29 is 18.8 Å². The van der Waals surface area contributed by atoms with Gasteiger partial charge >= 0.3 is 0 Å². The summed E-state index contributed by atoms with van der Waals surface area (Å²) in [5, 5.41) is 0. The number of carbonyl (C=O) groups excluding carboxylic acids is 3. The van der Waals surface area contributed by atoms with E-state index in [9.17, 15) is 18.8 Å². The number of piperazine rings is 1. The number of likely N-dealkylation sites (tertiary alicyclic amines) is 1. The van der Waals surface area contributed by atoms with Gasteiger partial charge in [0.05, 0.1) is 11.8 Å². The Balaban J connectivity index is 1.35. The Bertz CT molecular complexity index is 1030. The van der Waals surface area contributed by atoms with Crippen LogP contribution in [0.15, 0.2) is 54.6 Å². The Morgan fingerprint density at radius 2 is 1.44 bits per heavy atom. The van der Waals surface area contributed by atoms with Crippen LogP contribution in [-0.2, 0) is 20.8 Å². The molecular weight excluding hydrogens is 433 g/mol. The number of halogens is 1. The van der Waals surface area contributed by atoms with E-state index in [0.29, 0.717) is 32.6 Å². The molecule has 34 heavy (non-hydrogen) atoms. The molecule has 178 valence electrons. The van der Waals surface area contributed by atoms with Gasteiger partial charge < -0.3 is 9.80 Å². The molecule has 3 amide bonds. The maximum Gasteiger partial charge on any atom is 0.246 e. The van der Waals surface area contributed by atoms with Gasteiger partial charge in [0, 0.05) is 38.3 Å². The van der Waals surface area contributed by atoms with E-state index in [-0.39, 0.29) is 35.4 Å². The predicted molar refractivity (Wildman–Crippen MR) is 126 cm³/mol. The molecule has 6 nitrogen and oxygen atoms in total. The van der Waals surface area contributed by atoms with Gasteiger partial charge in [0.15, 0.2) is 0 Å². The highest BCUT2D eigenvalue weighted by Gasteiger charge is 2.52. The number of nitrogens with zero attached hydrogens (tertiary/aromatic N) is 3. The second kappa shape index (κ2) is 9.57. The van der Waals surface area contributed by atoms with Crippen LogP contribution >= 0.6 is 0 Å². The number of anilines is 1. The molecule has 2 saturated heterocycles. The van der Waals surface area contributed by atoms with Crippen molar-refractivity contribution in [1.29, 1.82) is 0 Å². The smallest absolute Gasteiger partial charge is 0.246 e. The lowest BCUT2D eigenvalue weighted by atomic mass is 9.81. The predicted octanol–water partition coefficient (Wildman–Crippen LogP) is 3.26. The number of rotatable bonds is 5. The molecular formula is C27H30FN3O3. The third-order valence-electron chi connectivity index (χ3n) is 7.53. The Kier molecular flexibility index (Phi) is 6.35. The van der Waals surface area contributed by atoms with E-state index in [2.05, 4.69) is 4.90 Å². The molecule has 2 aromatic rings. The molecule has 0 bridgehead atoms. The zero-order chi connectivity index (χ0) is 23.7. The van der Waals surface area contributed by atoms with Crippen molar-refractivity contribution in [3.05, 3.63) is 66.0 Å². The zero-order valence-corrected chi connectivity index (χ0v) is 19.2. The lowest BCUT2D eigenvalue weighted by Gasteiger charge is -2.39. The molecule has 3 atom stereocenters. The molecule has 3 fully saturated rings. The lowest BCUT2D eigenvalue weighted by molar-refractivity contribution is -0.151. The molecule has 0 aromatic heterocycles. The zero-order valence-electron chi connectivity index (χ0n) is 19.2. The quantitative estimate of drug-likeness (QED) is 0.639. The van der Waals surface area contributed by atoms with Gasteiger partial charge in [-0.3, -0.25) is 19.3 Å². The van der Waals surface area contributed by atoms with Crippen molar-refractivity contribution in [1.82, 2.24) is 9.80 Å². The summed E-state index contributed by atoms with van der Waals surface area (Å²) in [5.74, 6) is -1.34. The lowest BCUT2D eigenvalue weighted by Crippen LogP contribution is -2.57. The van der Waals surface area contributed by atoms with Crippen LogP contribution < -0.4 is 4.90 Å². The summed E-state index contributed by atoms with van der Waals surface area (Å²) >= 11 is 0. The highest BCUT2D eigenvalue weighted by atomic mass is 19.1. The SMILES string of the molecule is O=C([C@H](Cc1ccccc1)N1C(=O)[C@H]2CCCC[C@H]2C1=O)N1CCN(c2ccc(F)cc2)CC1. The number of fused-ring (bicyclic) bond motifs is 1. The Labute approximate surface area is 199 Å². The number of carbonyl (C=O) groups is 3. The first-order valence-corrected chi connectivity index (χ1v) is 12.2. The second-order valence-electron chi connectivity index (χ2n) is 9.54. The molecule has 1 aliphatic carbocycles. The summed E-state index contributed by atoms with van der Waals surface area (Å²) in [6.45, 7) is 2.21. The van der Waals surface area contributed by atoms with Gasteiger partial charge in [-0.2, -0.15) is 0 Å². The number of benzene rings is 2. The van der Waals surface area contributed by atoms with Crippen molar-refractivity contribution in [3.63, 3.8) is 0 Å². The summed E-state index contributed by atoms with van der Waals surface area (Å²) < 4.78 is 13.3. The number of imide groups is 1. The average Bonchev–Trinajstić information content (AvgIpc) is 3.13. The molecule has 2 aromatic carbocycles. The average molecular weight is 464 g/mol. The van der Waals surface area contributed by atoms with Crippen LogP contribution in [-0.4, -0.2) is 59.7 Å². The van der Waals surface area contributed by atoms with E-state index in [1.807, 2.05) is 30.3 Å². The van der Waals surface area contributed by atoms with Gasteiger partial charge in [-0.05, 0) is 42.7 Å². The normalized spacial score (nSPS) is 23.7. The monoisotopic (exact) mass is 463 g/mol. The standard InChI is InChI=1S/C27H30FN3O3/c28-20-10-12-21(13-11-20)29-14-16-30(17-15-29)27(34)24(18-19-6-2-1-3-7-19)31-25(32)22-8-4-5-9-23(22)26(31)33/h1-3,6-7,10-13,22-24H,4-5,8-9,14-18H2/t22-,23+,24-/m0/s1. The van der Waals surface area contributed by atoms with E-state index in [4.69, 9.17) is 0 Å². The minimum atomic E-state index is -0.814. The topological polar surface area (TPSA) is 60.9 Å². The third-order valence-corrected chi connectivity index (χ3v) is 7.53. The van der Waals surface area contributed by atoms with Gasteiger partial charge in [0.2, 0.25) is 17.7 Å². The summed E-state index contributed by atoms with van der Waals surface area (Å²) in [5.41, 5.74) is 1.85. The van der Waals surface area contributed by atoms with Gasteiger partial charge in [0.25, 0.3) is 0 Å². The van der Waals surface area contributed by atoms with Crippen LogP contribution in [0.3, 0.4) is 0 Å². The van der Waals surface area contributed by atoms with Crippen LogP contribution in [0.5, 0.6) is 0 Å². The van der Waals surface area contributed by atoms with E-state index < -0.39 is 6.04 Å². The van der Waals surface area contributed by atoms with E-state index >= 15 is 0 Å². The Hall–Kier alpha value is -3.22. The van der Waals surface area contributed by atoms with Crippen molar-refractivity contribution >= 4 is 23.4 Å². The molecule has 2 aliphatic heterocycles. The third kappa shape index (κ3) is 4.31. The molecule has 1 saturated carbocycles. The van der Waals surface area contributed by atoms with E-state index in [1.54, 1.807) is 17.0 Å². The van der Waals surface area contributed by atoms with Gasteiger partial charge in [0.1, 0.15) is 11.9 Å². The largest absolute Gasteiger partial charge is 0.368 e. The maximum absolute atomic E-state index is 13.8. The van der Waals surface area contributed by atoms with Crippen molar-refractivity contribution in [2.45, 2.75) is 38.1 Å². The summed E-state index contributed by atoms with van der Waals surface area (Å²) in [7, 11) is 0.